The van der Waals surface area contributed by atoms with E-state index in [0.717, 1.165) is 6.08 Å². The second-order valence-corrected chi connectivity index (χ2v) is 6.51. The SMILES string of the molecule is C=CC(=O)P(=O)(c1ccccc1)c1ccccc1. The summed E-state index contributed by atoms with van der Waals surface area (Å²) in [6.45, 7) is 3.46. The zero-order chi connectivity index (χ0) is 13.0. The maximum absolute atomic E-state index is 13.1. The molecular weight excluding hydrogens is 243 g/mol. The highest BCUT2D eigenvalue weighted by Gasteiger charge is 2.33. The standard InChI is InChI=1S/C15H13O2P/c1-2-15(16)18(17,13-9-5-3-6-10-13)14-11-7-4-8-12-14/h2-12H,1H2. The van der Waals surface area contributed by atoms with Gasteiger partial charge in [0.15, 0.2) is 0 Å². The minimum Gasteiger partial charge on any atom is -0.305 e. The third kappa shape index (κ3) is 2.07. The summed E-state index contributed by atoms with van der Waals surface area (Å²) in [6.07, 6.45) is 1.14. The van der Waals surface area contributed by atoms with Crippen LogP contribution in [0.15, 0.2) is 73.3 Å². The zero-order valence-electron chi connectivity index (χ0n) is 9.82. The molecule has 0 bridgehead atoms. The number of carbonyl (C=O) groups excluding carboxylic acids is 1. The molecule has 0 spiro atoms. The van der Waals surface area contributed by atoms with E-state index in [9.17, 15) is 9.36 Å². The second-order valence-electron chi connectivity index (χ2n) is 3.82. The van der Waals surface area contributed by atoms with Gasteiger partial charge in [0.25, 0.3) is 0 Å². The molecule has 2 nitrogen and oxygen atoms in total. The average molecular weight is 256 g/mol. The van der Waals surface area contributed by atoms with Crippen molar-refractivity contribution >= 4 is 23.3 Å². The molecule has 90 valence electrons. The Balaban J connectivity index is 2.67. The summed E-state index contributed by atoms with van der Waals surface area (Å²) in [5.41, 5.74) is -0.431. The molecule has 0 aromatic heterocycles. The highest BCUT2D eigenvalue weighted by Crippen LogP contribution is 2.44. The van der Waals surface area contributed by atoms with Crippen molar-refractivity contribution in [2.24, 2.45) is 0 Å². The van der Waals surface area contributed by atoms with Gasteiger partial charge in [-0.2, -0.15) is 0 Å². The van der Waals surface area contributed by atoms with Gasteiger partial charge in [0.05, 0.1) is 0 Å². The first-order valence-corrected chi connectivity index (χ1v) is 7.28. The quantitative estimate of drug-likeness (QED) is 0.622. The van der Waals surface area contributed by atoms with Crippen molar-refractivity contribution in [1.82, 2.24) is 0 Å². The first-order valence-electron chi connectivity index (χ1n) is 5.58. The lowest BCUT2D eigenvalue weighted by molar-refractivity contribution is -0.107. The van der Waals surface area contributed by atoms with Crippen molar-refractivity contribution < 1.29 is 9.36 Å². The molecule has 0 N–H and O–H groups in total. The van der Waals surface area contributed by atoms with Crippen LogP contribution in [0.25, 0.3) is 0 Å². The molecule has 0 saturated heterocycles. The van der Waals surface area contributed by atoms with Crippen molar-refractivity contribution in [2.75, 3.05) is 0 Å². The Hall–Kier alpha value is -1.92. The Kier molecular flexibility index (Phi) is 3.59. The lowest BCUT2D eigenvalue weighted by atomic mass is 10.4. The van der Waals surface area contributed by atoms with Gasteiger partial charge in [0.1, 0.15) is 0 Å². The molecule has 0 amide bonds. The van der Waals surface area contributed by atoms with Gasteiger partial charge in [0.2, 0.25) is 12.7 Å². The lowest BCUT2D eigenvalue weighted by Gasteiger charge is -2.15. The Morgan fingerprint density at radius 2 is 1.28 bits per heavy atom. The maximum Gasteiger partial charge on any atom is 0.222 e. The summed E-state index contributed by atoms with van der Waals surface area (Å²) >= 11 is 0. The molecule has 0 radical (unpaired) electrons. The number of hydrogen-bond donors (Lipinski definition) is 0. The van der Waals surface area contributed by atoms with E-state index in [1.807, 2.05) is 12.1 Å². The van der Waals surface area contributed by atoms with Gasteiger partial charge >= 0.3 is 0 Å². The third-order valence-electron chi connectivity index (χ3n) is 2.72. The molecule has 2 rings (SSSR count). The van der Waals surface area contributed by atoms with Crippen LogP contribution in [0.4, 0.5) is 0 Å². The van der Waals surface area contributed by atoms with Crippen LogP contribution in [-0.4, -0.2) is 5.52 Å². The van der Waals surface area contributed by atoms with Crippen LogP contribution in [-0.2, 0) is 9.36 Å². The van der Waals surface area contributed by atoms with Gasteiger partial charge in [-0.25, -0.2) is 0 Å². The van der Waals surface area contributed by atoms with Crippen molar-refractivity contribution in [3.8, 4) is 0 Å². The minimum atomic E-state index is -3.27. The van der Waals surface area contributed by atoms with Crippen LogP contribution in [0, 0.1) is 0 Å². The molecule has 0 atom stereocenters. The zero-order valence-corrected chi connectivity index (χ0v) is 10.7. The predicted molar refractivity (Wildman–Crippen MR) is 75.0 cm³/mol. The van der Waals surface area contributed by atoms with Crippen LogP contribution in [0.1, 0.15) is 0 Å². The van der Waals surface area contributed by atoms with Gasteiger partial charge in [-0.3, -0.25) is 4.79 Å². The van der Waals surface area contributed by atoms with Gasteiger partial charge in [-0.1, -0.05) is 67.2 Å². The van der Waals surface area contributed by atoms with Crippen molar-refractivity contribution in [2.45, 2.75) is 0 Å². The van der Waals surface area contributed by atoms with Crippen LogP contribution in [0.2, 0.25) is 0 Å². The second kappa shape index (κ2) is 5.16. The third-order valence-corrected chi connectivity index (χ3v) is 5.58. The molecule has 0 aliphatic rings. The normalized spacial score (nSPS) is 10.9. The fourth-order valence-corrected chi connectivity index (χ4v) is 4.06. The predicted octanol–water partition coefficient (Wildman–Crippen LogP) is 2.71. The number of rotatable bonds is 4. The Morgan fingerprint density at radius 3 is 1.61 bits per heavy atom. The van der Waals surface area contributed by atoms with Crippen molar-refractivity contribution in [1.29, 1.82) is 0 Å². The number of carbonyl (C=O) groups is 1. The highest BCUT2D eigenvalue weighted by atomic mass is 31.2. The minimum absolute atomic E-state index is 0.431. The highest BCUT2D eigenvalue weighted by molar-refractivity contribution is 7.93. The molecule has 2 aromatic rings. The van der Waals surface area contributed by atoms with Gasteiger partial charge in [-0.15, -0.1) is 0 Å². The number of benzene rings is 2. The first kappa shape index (κ1) is 12.5. The molecule has 0 unspecified atom stereocenters. The van der Waals surface area contributed by atoms with E-state index in [-0.39, 0.29) is 0 Å². The molecule has 0 aliphatic heterocycles. The topological polar surface area (TPSA) is 34.1 Å². The number of allylic oxidation sites excluding steroid dienone is 1. The van der Waals surface area contributed by atoms with E-state index in [0.29, 0.717) is 10.6 Å². The molecule has 0 saturated carbocycles. The monoisotopic (exact) mass is 256 g/mol. The molecule has 18 heavy (non-hydrogen) atoms. The average Bonchev–Trinajstić information content (AvgIpc) is 2.47. The molecular formula is C15H13O2P. The molecule has 0 fully saturated rings. The maximum atomic E-state index is 13.1. The van der Waals surface area contributed by atoms with Gasteiger partial charge in [-0.05, 0) is 6.08 Å². The molecule has 2 aromatic carbocycles. The Morgan fingerprint density at radius 1 is 0.889 bits per heavy atom. The van der Waals surface area contributed by atoms with E-state index in [4.69, 9.17) is 0 Å². The molecule has 0 aliphatic carbocycles. The first-order chi connectivity index (χ1) is 8.69. The fourth-order valence-electron chi connectivity index (χ4n) is 1.81. The van der Waals surface area contributed by atoms with Crippen LogP contribution >= 0.6 is 7.14 Å². The van der Waals surface area contributed by atoms with E-state index < -0.39 is 12.7 Å². The summed E-state index contributed by atoms with van der Waals surface area (Å²) in [4.78, 5) is 12.1. The van der Waals surface area contributed by atoms with Crippen LogP contribution < -0.4 is 10.6 Å². The van der Waals surface area contributed by atoms with Gasteiger partial charge in [0, 0.05) is 10.6 Å². The fraction of sp³-hybridized carbons (Fsp3) is 0. The molecule has 0 heterocycles. The Bertz CT molecular complexity index is 559. The van der Waals surface area contributed by atoms with E-state index >= 15 is 0 Å². The van der Waals surface area contributed by atoms with E-state index in [1.54, 1.807) is 48.5 Å². The largest absolute Gasteiger partial charge is 0.305 e. The van der Waals surface area contributed by atoms with E-state index in [1.165, 1.54) is 0 Å². The lowest BCUT2D eigenvalue weighted by Crippen LogP contribution is -2.21. The summed E-state index contributed by atoms with van der Waals surface area (Å²) < 4.78 is 13.1. The van der Waals surface area contributed by atoms with Crippen LogP contribution in [0.5, 0.6) is 0 Å². The van der Waals surface area contributed by atoms with Crippen molar-refractivity contribution in [3.63, 3.8) is 0 Å². The summed E-state index contributed by atoms with van der Waals surface area (Å²) in [6, 6.07) is 17.6. The van der Waals surface area contributed by atoms with Crippen LogP contribution in [0.3, 0.4) is 0 Å². The summed E-state index contributed by atoms with van der Waals surface area (Å²) in [5, 5.41) is 1.09. The molecule has 3 heteroatoms. The smallest absolute Gasteiger partial charge is 0.222 e. The number of hydrogen-bond acceptors (Lipinski definition) is 2. The summed E-state index contributed by atoms with van der Waals surface area (Å²) in [7, 11) is -3.27. The van der Waals surface area contributed by atoms with Gasteiger partial charge < -0.3 is 4.57 Å². The summed E-state index contributed by atoms with van der Waals surface area (Å²) in [5.74, 6) is 0. The van der Waals surface area contributed by atoms with Crippen molar-refractivity contribution in [3.05, 3.63) is 73.3 Å². The Labute approximate surface area is 106 Å². The van der Waals surface area contributed by atoms with E-state index in [2.05, 4.69) is 6.58 Å².